The van der Waals surface area contributed by atoms with Crippen molar-refractivity contribution in [3.05, 3.63) is 88.9 Å². The number of anilines is 3. The number of aromatic nitrogens is 2. The number of ether oxygens (including phenoxy) is 3. The highest BCUT2D eigenvalue weighted by atomic mass is 19.1. The number of nitrogens with one attached hydrogen (secondary N) is 2. The highest BCUT2D eigenvalue weighted by Crippen LogP contribution is 2.30. The van der Waals surface area contributed by atoms with Crippen LogP contribution in [0.15, 0.2) is 60.8 Å². The first-order valence-corrected chi connectivity index (χ1v) is 13.8. The number of nitrogens with two attached hydrogens (primary N) is 1. The van der Waals surface area contributed by atoms with Crippen molar-refractivity contribution in [3.63, 3.8) is 0 Å². The first-order valence-electron chi connectivity index (χ1n) is 13.8. The van der Waals surface area contributed by atoms with Gasteiger partial charge in [0.2, 0.25) is 5.95 Å². The van der Waals surface area contributed by atoms with Gasteiger partial charge in [0, 0.05) is 47.4 Å². The molecule has 0 spiro atoms. The summed E-state index contributed by atoms with van der Waals surface area (Å²) >= 11 is 0. The van der Waals surface area contributed by atoms with E-state index in [-0.39, 0.29) is 30.9 Å². The summed E-state index contributed by atoms with van der Waals surface area (Å²) in [6.07, 6.45) is 2.38. The maximum absolute atomic E-state index is 14.8. The van der Waals surface area contributed by atoms with Crippen molar-refractivity contribution >= 4 is 23.2 Å². The number of methoxy groups -OCH3 is 1. The molecule has 0 saturated heterocycles. The van der Waals surface area contributed by atoms with Crippen molar-refractivity contribution in [3.8, 4) is 22.8 Å². The van der Waals surface area contributed by atoms with Gasteiger partial charge >= 0.3 is 0 Å². The van der Waals surface area contributed by atoms with Crippen molar-refractivity contribution < 1.29 is 23.4 Å². The van der Waals surface area contributed by atoms with Crippen LogP contribution in [0.3, 0.4) is 0 Å². The van der Waals surface area contributed by atoms with Crippen LogP contribution in [-0.2, 0) is 18.0 Å². The van der Waals surface area contributed by atoms with Crippen LogP contribution in [-0.4, -0.2) is 36.1 Å². The molecule has 4 aromatic rings. The third-order valence-corrected chi connectivity index (χ3v) is 7.08. The normalized spacial score (nSPS) is 15.5. The Morgan fingerprint density at radius 3 is 2.79 bits per heavy atom. The molecule has 1 aromatic heterocycles. The molecule has 10 heteroatoms. The molecule has 2 aliphatic rings. The van der Waals surface area contributed by atoms with Gasteiger partial charge in [0.1, 0.15) is 23.9 Å². The molecule has 0 aliphatic carbocycles. The van der Waals surface area contributed by atoms with E-state index in [1.165, 1.54) is 13.2 Å². The first-order chi connectivity index (χ1) is 20.3. The van der Waals surface area contributed by atoms with Crippen molar-refractivity contribution in [1.82, 2.24) is 15.3 Å². The van der Waals surface area contributed by atoms with Gasteiger partial charge < -0.3 is 30.6 Å². The number of carbonyl (C=O) groups excluding carboxylic acids is 1. The van der Waals surface area contributed by atoms with Gasteiger partial charge in [-0.2, -0.15) is 0 Å². The van der Waals surface area contributed by atoms with Gasteiger partial charge in [0.25, 0.3) is 5.91 Å². The van der Waals surface area contributed by atoms with Crippen molar-refractivity contribution in [1.29, 1.82) is 0 Å². The average Bonchev–Trinajstić information content (AvgIpc) is 2.97. The summed E-state index contributed by atoms with van der Waals surface area (Å²) in [4.78, 5) is 21.7. The number of nitrogens with zero attached hydrogens (tertiary/aromatic N) is 2. The van der Waals surface area contributed by atoms with E-state index >= 15 is 0 Å². The monoisotopic (exact) mass is 571 g/mol. The zero-order valence-electron chi connectivity index (χ0n) is 23.9. The molecule has 218 valence electrons. The van der Waals surface area contributed by atoms with Crippen LogP contribution in [0.1, 0.15) is 40.4 Å². The molecule has 3 heterocycles. The van der Waals surface area contributed by atoms with Crippen LogP contribution in [0.25, 0.3) is 11.3 Å². The summed E-state index contributed by atoms with van der Waals surface area (Å²) < 4.78 is 32.3. The van der Waals surface area contributed by atoms with Gasteiger partial charge in [-0.3, -0.25) is 4.79 Å². The second kappa shape index (κ2) is 12.9. The summed E-state index contributed by atoms with van der Waals surface area (Å²) in [6, 6.07) is 15.7. The molecule has 1 atom stereocenters. The Balaban J connectivity index is 1.45. The first kappa shape index (κ1) is 28.8. The lowest BCUT2D eigenvalue weighted by Gasteiger charge is -2.17. The molecule has 42 heavy (non-hydrogen) atoms. The molecule has 2 aliphatic heterocycles. The minimum atomic E-state index is -0.389. The van der Waals surface area contributed by atoms with E-state index in [0.29, 0.717) is 58.7 Å². The number of hydrogen-bond acceptors (Lipinski definition) is 8. The van der Waals surface area contributed by atoms with Crippen LogP contribution in [0.4, 0.5) is 21.7 Å². The largest absolute Gasteiger partial charge is 0.496 e. The van der Waals surface area contributed by atoms with Gasteiger partial charge in [-0.25, -0.2) is 14.4 Å². The van der Waals surface area contributed by atoms with E-state index in [0.717, 1.165) is 23.2 Å². The van der Waals surface area contributed by atoms with E-state index in [1.807, 2.05) is 19.1 Å². The minimum absolute atomic E-state index is 0.0168. The lowest BCUT2D eigenvalue weighted by molar-refractivity contribution is 0.0923. The Morgan fingerprint density at radius 2 is 1.98 bits per heavy atom. The second-order valence-corrected chi connectivity index (χ2v) is 10.4. The van der Waals surface area contributed by atoms with Gasteiger partial charge in [-0.05, 0) is 79.4 Å². The number of nitrogen functional groups attached to an aromatic ring is 1. The molecular formula is C32H34FN5O4. The maximum Gasteiger partial charge on any atom is 0.251 e. The molecule has 6 rings (SSSR count). The number of fused-ring (bicyclic) bond motifs is 9. The third kappa shape index (κ3) is 6.77. The zero-order chi connectivity index (χ0) is 29.6. The van der Waals surface area contributed by atoms with E-state index < -0.39 is 0 Å². The summed E-state index contributed by atoms with van der Waals surface area (Å²) in [5.74, 6) is 0.957. The highest BCUT2D eigenvalue weighted by Gasteiger charge is 2.16. The Labute approximate surface area is 244 Å². The SMILES string of the molecule is COc1cc(C)cc(F)c1COc1ccc2cc1COCC[C@@H](C)CNC(=O)c1ccc(c(N)c1)-c1ccnc(n1)N2. The lowest BCUT2D eigenvalue weighted by Crippen LogP contribution is -2.28. The summed E-state index contributed by atoms with van der Waals surface area (Å²) in [6.45, 7) is 5.08. The molecule has 0 radical (unpaired) electrons. The highest BCUT2D eigenvalue weighted by molar-refractivity contribution is 5.96. The van der Waals surface area contributed by atoms with Crippen LogP contribution in [0.2, 0.25) is 0 Å². The Bertz CT molecular complexity index is 1600. The molecular weight excluding hydrogens is 537 g/mol. The number of rotatable bonds is 4. The van der Waals surface area contributed by atoms with Crippen LogP contribution >= 0.6 is 0 Å². The zero-order valence-corrected chi connectivity index (χ0v) is 23.9. The standard InChI is InChI=1S/C32H34FN5O4/c1-19-9-11-41-17-22-14-23(5-7-29(22)42-18-25-26(33)12-20(2)13-30(25)40-3)37-32-35-10-8-28(38-32)24-6-4-21(15-27(24)34)31(39)36-16-19/h4-8,10,12-15,19H,9,11,16-18,34H2,1-3H3,(H,36,39)(H,35,37,38)/t19-/m1/s1. The molecule has 9 nitrogen and oxygen atoms in total. The fourth-order valence-corrected chi connectivity index (χ4v) is 4.70. The Hall–Kier alpha value is -4.70. The molecule has 3 aromatic carbocycles. The lowest BCUT2D eigenvalue weighted by atomic mass is 10.0. The minimum Gasteiger partial charge on any atom is -0.496 e. The van der Waals surface area contributed by atoms with Crippen LogP contribution < -0.4 is 25.8 Å². The summed E-state index contributed by atoms with van der Waals surface area (Å²) in [7, 11) is 1.51. The number of benzene rings is 3. The fraction of sp³-hybridized carbons (Fsp3) is 0.281. The summed E-state index contributed by atoms with van der Waals surface area (Å²) in [5.41, 5.74) is 11.1. The molecule has 0 unspecified atom stereocenters. The van der Waals surface area contributed by atoms with Crippen LogP contribution in [0, 0.1) is 18.7 Å². The molecule has 4 N–H and O–H groups in total. The van der Waals surface area contributed by atoms with Crippen molar-refractivity contribution in [2.24, 2.45) is 5.92 Å². The van der Waals surface area contributed by atoms with Gasteiger partial charge in [0.05, 0.1) is 25.0 Å². The predicted molar refractivity (Wildman–Crippen MR) is 159 cm³/mol. The van der Waals surface area contributed by atoms with Crippen molar-refractivity contribution in [2.45, 2.75) is 33.5 Å². The molecule has 0 saturated carbocycles. The van der Waals surface area contributed by atoms with Gasteiger partial charge in [-0.1, -0.05) is 6.92 Å². The Morgan fingerprint density at radius 1 is 1.12 bits per heavy atom. The smallest absolute Gasteiger partial charge is 0.251 e. The fourth-order valence-electron chi connectivity index (χ4n) is 4.70. The second-order valence-electron chi connectivity index (χ2n) is 10.4. The maximum atomic E-state index is 14.8. The molecule has 1 amide bonds. The van der Waals surface area contributed by atoms with Crippen LogP contribution in [0.5, 0.6) is 11.5 Å². The number of aryl methyl sites for hydroxylation is 1. The number of amides is 1. The number of carbonyl (C=O) groups is 1. The van der Waals surface area contributed by atoms with E-state index in [1.54, 1.807) is 42.6 Å². The quantitative estimate of drug-likeness (QED) is 0.263. The van der Waals surface area contributed by atoms with E-state index in [4.69, 9.17) is 19.9 Å². The predicted octanol–water partition coefficient (Wildman–Crippen LogP) is 5.79. The third-order valence-electron chi connectivity index (χ3n) is 7.08. The summed E-state index contributed by atoms with van der Waals surface area (Å²) in [5, 5.41) is 6.21. The molecule has 6 bridgehead atoms. The topological polar surface area (TPSA) is 121 Å². The van der Waals surface area contributed by atoms with E-state index in [2.05, 4.69) is 27.5 Å². The number of hydrogen-bond donors (Lipinski definition) is 3. The van der Waals surface area contributed by atoms with E-state index in [9.17, 15) is 9.18 Å². The average molecular weight is 572 g/mol. The molecule has 0 fully saturated rings. The van der Waals surface area contributed by atoms with Gasteiger partial charge in [0.15, 0.2) is 0 Å². The van der Waals surface area contributed by atoms with Gasteiger partial charge in [-0.15, -0.1) is 0 Å². The number of halogens is 1. The Kier molecular flexibility index (Phi) is 8.83. The van der Waals surface area contributed by atoms with Crippen molar-refractivity contribution in [2.75, 3.05) is 31.3 Å².